The third kappa shape index (κ3) is 3.21. The zero-order valence-electron chi connectivity index (χ0n) is 13.6. The molecule has 0 bridgehead atoms. The van der Waals surface area contributed by atoms with Gasteiger partial charge in [-0.1, -0.05) is 19.1 Å². The highest BCUT2D eigenvalue weighted by Gasteiger charge is 2.40. The van der Waals surface area contributed by atoms with Crippen molar-refractivity contribution in [2.75, 3.05) is 41.5 Å². The summed E-state index contributed by atoms with van der Waals surface area (Å²) in [5.41, 5.74) is 1.26. The Morgan fingerprint density at radius 3 is 2.14 bits per heavy atom. The molecule has 1 aliphatic heterocycles. The molecule has 1 heterocycles. The summed E-state index contributed by atoms with van der Waals surface area (Å²) in [6.07, 6.45) is -0.129. The zero-order valence-corrected chi connectivity index (χ0v) is 13.6. The van der Waals surface area contributed by atoms with Gasteiger partial charge in [0, 0.05) is 26.8 Å². The first-order valence-corrected chi connectivity index (χ1v) is 7.31. The molecule has 5 nitrogen and oxygen atoms in total. The zero-order chi connectivity index (χ0) is 15.4. The monoisotopic (exact) mass is 294 g/mol. The van der Waals surface area contributed by atoms with Gasteiger partial charge in [0.2, 0.25) is 0 Å². The van der Waals surface area contributed by atoms with Gasteiger partial charge in [-0.15, -0.1) is 0 Å². The van der Waals surface area contributed by atoms with Gasteiger partial charge < -0.3 is 14.2 Å². The minimum atomic E-state index is -0.0872. The van der Waals surface area contributed by atoms with Crippen molar-refractivity contribution in [3.8, 4) is 5.75 Å². The molecule has 0 saturated carbocycles. The van der Waals surface area contributed by atoms with E-state index < -0.39 is 0 Å². The molecule has 1 fully saturated rings. The van der Waals surface area contributed by atoms with Crippen LogP contribution in [0, 0.1) is 0 Å². The lowest BCUT2D eigenvalue weighted by Gasteiger charge is -2.48. The summed E-state index contributed by atoms with van der Waals surface area (Å²) >= 11 is 0. The van der Waals surface area contributed by atoms with Crippen LogP contribution in [-0.2, 0) is 9.47 Å². The molecule has 0 aromatic heterocycles. The lowest BCUT2D eigenvalue weighted by atomic mass is 10.0. The first-order chi connectivity index (χ1) is 10.2. The highest BCUT2D eigenvalue weighted by Crippen LogP contribution is 2.31. The van der Waals surface area contributed by atoms with Gasteiger partial charge >= 0.3 is 0 Å². The van der Waals surface area contributed by atoms with Crippen molar-refractivity contribution in [2.45, 2.75) is 25.4 Å². The summed E-state index contributed by atoms with van der Waals surface area (Å²) in [5.74, 6) is 0.877. The van der Waals surface area contributed by atoms with Crippen molar-refractivity contribution < 1.29 is 14.2 Å². The van der Waals surface area contributed by atoms with E-state index in [1.807, 2.05) is 12.1 Å². The van der Waals surface area contributed by atoms with Gasteiger partial charge in [-0.3, -0.25) is 9.80 Å². The largest absolute Gasteiger partial charge is 0.497 e. The van der Waals surface area contributed by atoms with Crippen molar-refractivity contribution in [3.63, 3.8) is 0 Å². The molecule has 0 aliphatic carbocycles. The minimum absolute atomic E-state index is 0.0421. The smallest absolute Gasteiger partial charge is 0.150 e. The van der Waals surface area contributed by atoms with Gasteiger partial charge in [-0.05, 0) is 31.3 Å². The molecule has 0 N–H and O–H groups in total. The van der Waals surface area contributed by atoms with Crippen LogP contribution in [0.3, 0.4) is 0 Å². The van der Waals surface area contributed by atoms with Crippen LogP contribution in [0.4, 0.5) is 0 Å². The quantitative estimate of drug-likeness (QED) is 0.829. The molecular formula is C16H26N2O3. The lowest BCUT2D eigenvalue weighted by molar-refractivity contribution is -0.212. The molecule has 1 aromatic carbocycles. The molecule has 5 heteroatoms. The minimum Gasteiger partial charge on any atom is -0.497 e. The molecule has 0 spiro atoms. The Kier molecular flexibility index (Phi) is 5.58. The molecule has 1 aromatic rings. The van der Waals surface area contributed by atoms with Gasteiger partial charge in [0.25, 0.3) is 0 Å². The first kappa shape index (κ1) is 16.2. The SMILES string of the molecule is CCN1CC(c2ccc(OC)cc2)N(C)C(OC)C1OC. The topological polar surface area (TPSA) is 34.2 Å². The van der Waals surface area contributed by atoms with Crippen LogP contribution in [0.15, 0.2) is 24.3 Å². The Bertz CT molecular complexity index is 438. The standard InChI is InChI=1S/C16H26N2O3/c1-6-18-11-14(12-7-9-13(19-3)10-8-12)17(2)15(20-4)16(18)21-5/h7-10,14-16H,6,11H2,1-5H3. The number of piperazine rings is 1. The fourth-order valence-corrected chi connectivity index (χ4v) is 3.04. The maximum Gasteiger partial charge on any atom is 0.150 e. The van der Waals surface area contributed by atoms with E-state index in [0.29, 0.717) is 0 Å². The summed E-state index contributed by atoms with van der Waals surface area (Å²) in [7, 11) is 7.24. The van der Waals surface area contributed by atoms with Crippen LogP contribution in [-0.4, -0.2) is 63.7 Å². The molecule has 118 valence electrons. The summed E-state index contributed by atoms with van der Waals surface area (Å²) in [4.78, 5) is 4.55. The number of ether oxygens (including phenoxy) is 3. The van der Waals surface area contributed by atoms with Gasteiger partial charge in [0.05, 0.1) is 7.11 Å². The molecule has 1 saturated heterocycles. The second-order valence-corrected chi connectivity index (χ2v) is 5.29. The Morgan fingerprint density at radius 2 is 1.67 bits per heavy atom. The summed E-state index contributed by atoms with van der Waals surface area (Å²) in [6, 6.07) is 8.52. The normalized spacial score (nSPS) is 27.8. The summed E-state index contributed by atoms with van der Waals surface area (Å²) in [5, 5.41) is 0. The number of hydrogen-bond acceptors (Lipinski definition) is 5. The molecule has 21 heavy (non-hydrogen) atoms. The Labute approximate surface area is 127 Å². The Morgan fingerprint density at radius 1 is 1.05 bits per heavy atom. The summed E-state index contributed by atoms with van der Waals surface area (Å²) in [6.45, 7) is 3.99. The van der Waals surface area contributed by atoms with Crippen LogP contribution in [0.5, 0.6) is 5.75 Å². The molecule has 0 amide bonds. The first-order valence-electron chi connectivity index (χ1n) is 7.31. The van der Waals surface area contributed by atoms with Crippen molar-refractivity contribution in [3.05, 3.63) is 29.8 Å². The van der Waals surface area contributed by atoms with Crippen molar-refractivity contribution in [1.82, 2.24) is 9.80 Å². The van der Waals surface area contributed by atoms with Crippen LogP contribution in [0.2, 0.25) is 0 Å². The van der Waals surface area contributed by atoms with E-state index >= 15 is 0 Å². The van der Waals surface area contributed by atoms with Gasteiger partial charge in [0.15, 0.2) is 6.23 Å². The molecule has 3 unspecified atom stereocenters. The third-order valence-electron chi connectivity index (χ3n) is 4.29. The molecule has 2 rings (SSSR count). The Balaban J connectivity index is 2.25. The Hall–Kier alpha value is -1.14. The average molecular weight is 294 g/mol. The van der Waals surface area contributed by atoms with Crippen LogP contribution < -0.4 is 4.74 Å². The number of hydrogen-bond donors (Lipinski definition) is 0. The number of methoxy groups -OCH3 is 3. The average Bonchev–Trinajstić information content (AvgIpc) is 2.54. The number of benzene rings is 1. The van der Waals surface area contributed by atoms with E-state index in [9.17, 15) is 0 Å². The van der Waals surface area contributed by atoms with Gasteiger partial charge in [0.1, 0.15) is 12.0 Å². The maximum absolute atomic E-state index is 5.67. The predicted octanol–water partition coefficient (Wildman–Crippen LogP) is 1.95. The fraction of sp³-hybridized carbons (Fsp3) is 0.625. The molecule has 3 atom stereocenters. The summed E-state index contributed by atoms with van der Waals surface area (Å²) < 4.78 is 16.5. The molecular weight excluding hydrogens is 268 g/mol. The molecule has 0 radical (unpaired) electrons. The third-order valence-corrected chi connectivity index (χ3v) is 4.29. The van der Waals surface area contributed by atoms with Gasteiger partial charge in [-0.25, -0.2) is 0 Å². The van der Waals surface area contributed by atoms with Crippen molar-refractivity contribution >= 4 is 0 Å². The van der Waals surface area contributed by atoms with E-state index in [-0.39, 0.29) is 18.5 Å². The highest BCUT2D eigenvalue weighted by molar-refractivity contribution is 5.29. The second kappa shape index (κ2) is 7.22. The van der Waals surface area contributed by atoms with Crippen molar-refractivity contribution in [2.24, 2.45) is 0 Å². The van der Waals surface area contributed by atoms with Crippen LogP contribution >= 0.6 is 0 Å². The second-order valence-electron chi connectivity index (χ2n) is 5.29. The van der Waals surface area contributed by atoms with E-state index in [0.717, 1.165) is 18.8 Å². The van der Waals surface area contributed by atoms with Crippen molar-refractivity contribution in [1.29, 1.82) is 0 Å². The van der Waals surface area contributed by atoms with Gasteiger partial charge in [-0.2, -0.15) is 0 Å². The number of nitrogens with zero attached hydrogens (tertiary/aromatic N) is 2. The number of rotatable bonds is 5. The maximum atomic E-state index is 5.67. The van der Waals surface area contributed by atoms with Crippen LogP contribution in [0.1, 0.15) is 18.5 Å². The predicted molar refractivity (Wildman–Crippen MR) is 82.3 cm³/mol. The fourth-order valence-electron chi connectivity index (χ4n) is 3.04. The number of likely N-dealkylation sites (N-methyl/N-ethyl adjacent to an activating group) is 2. The lowest BCUT2D eigenvalue weighted by Crippen LogP contribution is -2.60. The van der Waals surface area contributed by atoms with E-state index in [4.69, 9.17) is 14.2 Å². The molecule has 1 aliphatic rings. The van der Waals surface area contributed by atoms with E-state index in [1.54, 1.807) is 21.3 Å². The van der Waals surface area contributed by atoms with E-state index in [1.165, 1.54) is 5.56 Å². The highest BCUT2D eigenvalue weighted by atomic mass is 16.6. The van der Waals surface area contributed by atoms with Crippen LogP contribution in [0.25, 0.3) is 0 Å². The van der Waals surface area contributed by atoms with E-state index in [2.05, 4.69) is 35.9 Å².